The number of aromatic nitrogens is 6. The van der Waals surface area contributed by atoms with Crippen LogP contribution in [0.15, 0.2) is 40.9 Å². The standard InChI is InChI=1S/C17H18F3N7S/c1-4-9-27-14(11-5-7-21-8-6-11)24-25-16(27)28-15-22-12(17(18,19)20)10-13(23-15)26(2)3/h5-8,10H,4,9H2,1-3H3. The topological polar surface area (TPSA) is 72.6 Å². The van der Waals surface area contributed by atoms with E-state index in [1.165, 1.54) is 4.90 Å². The highest BCUT2D eigenvalue weighted by Crippen LogP contribution is 2.33. The van der Waals surface area contributed by atoms with Crippen LogP contribution >= 0.6 is 11.8 Å². The van der Waals surface area contributed by atoms with Gasteiger partial charge in [0.05, 0.1) is 0 Å². The van der Waals surface area contributed by atoms with E-state index in [9.17, 15) is 13.2 Å². The second-order valence-electron chi connectivity index (χ2n) is 6.08. The van der Waals surface area contributed by atoms with Gasteiger partial charge in [-0.3, -0.25) is 4.98 Å². The Morgan fingerprint density at radius 2 is 1.82 bits per heavy atom. The van der Waals surface area contributed by atoms with Crippen molar-refractivity contribution >= 4 is 17.6 Å². The molecule has 0 atom stereocenters. The molecule has 0 aliphatic heterocycles. The van der Waals surface area contributed by atoms with Gasteiger partial charge in [0.25, 0.3) is 0 Å². The summed E-state index contributed by atoms with van der Waals surface area (Å²) in [4.78, 5) is 13.4. The van der Waals surface area contributed by atoms with Crippen molar-refractivity contribution in [1.82, 2.24) is 29.7 Å². The molecular formula is C17H18F3N7S. The smallest absolute Gasteiger partial charge is 0.363 e. The first-order valence-corrected chi connectivity index (χ1v) is 9.26. The van der Waals surface area contributed by atoms with E-state index in [0.29, 0.717) is 17.5 Å². The van der Waals surface area contributed by atoms with Crippen LogP contribution in [0.25, 0.3) is 11.4 Å². The Kier molecular flexibility index (Phi) is 5.82. The molecule has 28 heavy (non-hydrogen) atoms. The lowest BCUT2D eigenvalue weighted by atomic mass is 10.2. The van der Waals surface area contributed by atoms with E-state index in [1.807, 2.05) is 11.5 Å². The zero-order chi connectivity index (χ0) is 20.3. The fourth-order valence-corrected chi connectivity index (χ4v) is 3.23. The van der Waals surface area contributed by atoms with Gasteiger partial charge in [-0.25, -0.2) is 9.97 Å². The van der Waals surface area contributed by atoms with E-state index >= 15 is 0 Å². The average Bonchev–Trinajstić information content (AvgIpc) is 3.04. The number of rotatable bonds is 6. The second-order valence-corrected chi connectivity index (χ2v) is 7.02. The lowest BCUT2D eigenvalue weighted by Gasteiger charge is -2.15. The number of halogens is 3. The first kappa shape index (κ1) is 20.1. The normalized spacial score (nSPS) is 11.6. The molecule has 0 aromatic carbocycles. The lowest BCUT2D eigenvalue weighted by Crippen LogP contribution is -2.16. The number of anilines is 1. The minimum Gasteiger partial charge on any atom is -0.363 e. The summed E-state index contributed by atoms with van der Waals surface area (Å²) in [5.74, 6) is 0.785. The number of hydrogen-bond acceptors (Lipinski definition) is 7. The Balaban J connectivity index is 2.02. The molecule has 0 saturated heterocycles. The summed E-state index contributed by atoms with van der Waals surface area (Å²) in [7, 11) is 3.25. The molecule has 0 aliphatic carbocycles. The molecule has 0 saturated carbocycles. The third-order valence-electron chi connectivity index (χ3n) is 3.73. The van der Waals surface area contributed by atoms with Gasteiger partial charge in [0, 0.05) is 44.7 Å². The molecule has 0 radical (unpaired) electrons. The highest BCUT2D eigenvalue weighted by atomic mass is 32.2. The maximum absolute atomic E-state index is 13.2. The van der Waals surface area contributed by atoms with Gasteiger partial charge in [0.2, 0.25) is 0 Å². The van der Waals surface area contributed by atoms with E-state index in [2.05, 4.69) is 25.1 Å². The van der Waals surface area contributed by atoms with Gasteiger partial charge in [-0.15, -0.1) is 10.2 Å². The van der Waals surface area contributed by atoms with Gasteiger partial charge in [-0.05, 0) is 30.3 Å². The fourth-order valence-electron chi connectivity index (χ4n) is 2.42. The zero-order valence-corrected chi connectivity index (χ0v) is 16.3. The molecular weight excluding hydrogens is 391 g/mol. The van der Waals surface area contributed by atoms with Crippen LogP contribution in [-0.2, 0) is 12.7 Å². The molecule has 3 rings (SSSR count). The van der Waals surface area contributed by atoms with Gasteiger partial charge in [-0.1, -0.05) is 6.92 Å². The molecule has 0 amide bonds. The average molecular weight is 409 g/mol. The van der Waals surface area contributed by atoms with Gasteiger partial charge in [-0.2, -0.15) is 13.2 Å². The number of alkyl halides is 3. The van der Waals surface area contributed by atoms with Crippen molar-refractivity contribution in [2.45, 2.75) is 36.4 Å². The predicted octanol–water partition coefficient (Wildman–Crippen LogP) is 3.78. The van der Waals surface area contributed by atoms with E-state index < -0.39 is 11.9 Å². The van der Waals surface area contributed by atoms with Crippen molar-refractivity contribution in [3.63, 3.8) is 0 Å². The van der Waals surface area contributed by atoms with Crippen molar-refractivity contribution in [2.75, 3.05) is 19.0 Å². The van der Waals surface area contributed by atoms with Crippen LogP contribution in [0.2, 0.25) is 0 Å². The Labute approximate surface area is 164 Å². The Bertz CT molecular complexity index is 942. The number of hydrogen-bond donors (Lipinski definition) is 0. The summed E-state index contributed by atoms with van der Waals surface area (Å²) < 4.78 is 41.5. The summed E-state index contributed by atoms with van der Waals surface area (Å²) in [5, 5.41) is 8.75. The maximum atomic E-state index is 13.2. The quantitative estimate of drug-likeness (QED) is 0.574. The van der Waals surface area contributed by atoms with Gasteiger partial charge in [0.15, 0.2) is 21.8 Å². The minimum atomic E-state index is -4.57. The zero-order valence-electron chi connectivity index (χ0n) is 15.5. The van der Waals surface area contributed by atoms with Gasteiger partial charge < -0.3 is 9.47 Å². The molecule has 0 aliphatic rings. The van der Waals surface area contributed by atoms with Crippen LogP contribution in [0.3, 0.4) is 0 Å². The third-order valence-corrected chi connectivity index (χ3v) is 4.58. The lowest BCUT2D eigenvalue weighted by molar-refractivity contribution is -0.141. The summed E-state index contributed by atoms with van der Waals surface area (Å²) in [5.41, 5.74) is -0.175. The summed E-state index contributed by atoms with van der Waals surface area (Å²) in [6, 6.07) is 4.52. The highest BCUT2D eigenvalue weighted by Gasteiger charge is 2.34. The van der Waals surface area contributed by atoms with Crippen molar-refractivity contribution in [3.05, 3.63) is 36.3 Å². The largest absolute Gasteiger partial charge is 0.433 e. The second kappa shape index (κ2) is 8.13. The molecule has 3 aromatic heterocycles. The molecule has 148 valence electrons. The molecule has 11 heteroatoms. The molecule has 0 fully saturated rings. The maximum Gasteiger partial charge on any atom is 0.433 e. The summed E-state index contributed by atoms with van der Waals surface area (Å²) in [6.07, 6.45) is -0.475. The molecule has 3 heterocycles. The van der Waals surface area contributed by atoms with E-state index in [-0.39, 0.29) is 11.0 Å². The van der Waals surface area contributed by atoms with Crippen LogP contribution in [0.5, 0.6) is 0 Å². The monoisotopic (exact) mass is 409 g/mol. The van der Waals surface area contributed by atoms with Crippen LogP contribution < -0.4 is 4.90 Å². The van der Waals surface area contributed by atoms with Crippen molar-refractivity contribution in [3.8, 4) is 11.4 Å². The molecule has 0 unspecified atom stereocenters. The SMILES string of the molecule is CCCn1c(Sc2nc(N(C)C)cc(C(F)(F)F)n2)nnc1-c1ccncc1. The van der Waals surface area contributed by atoms with E-state index in [4.69, 9.17) is 0 Å². The Morgan fingerprint density at radius 1 is 1.11 bits per heavy atom. The van der Waals surface area contributed by atoms with Crippen LogP contribution in [0.1, 0.15) is 19.0 Å². The third kappa shape index (κ3) is 4.41. The minimum absolute atomic E-state index is 0.0374. The summed E-state index contributed by atoms with van der Waals surface area (Å²) in [6.45, 7) is 2.60. The van der Waals surface area contributed by atoms with Crippen molar-refractivity contribution in [2.24, 2.45) is 0 Å². The first-order chi connectivity index (χ1) is 13.3. The van der Waals surface area contributed by atoms with Crippen LogP contribution in [-0.4, -0.2) is 43.8 Å². The number of pyridine rings is 1. The first-order valence-electron chi connectivity index (χ1n) is 8.44. The van der Waals surface area contributed by atoms with Crippen LogP contribution in [0, 0.1) is 0 Å². The van der Waals surface area contributed by atoms with E-state index in [1.54, 1.807) is 38.6 Å². The van der Waals surface area contributed by atoms with Crippen molar-refractivity contribution in [1.29, 1.82) is 0 Å². The van der Waals surface area contributed by atoms with Gasteiger partial charge in [0.1, 0.15) is 5.82 Å². The molecule has 0 bridgehead atoms. The summed E-state index contributed by atoms with van der Waals surface area (Å²) >= 11 is 0.956. The Hall–Kier alpha value is -2.69. The van der Waals surface area contributed by atoms with Gasteiger partial charge >= 0.3 is 6.18 Å². The Morgan fingerprint density at radius 3 is 2.43 bits per heavy atom. The molecule has 0 N–H and O–H groups in total. The fraction of sp³-hybridized carbons (Fsp3) is 0.353. The van der Waals surface area contributed by atoms with Crippen molar-refractivity contribution < 1.29 is 13.2 Å². The molecule has 0 spiro atoms. The molecule has 7 nitrogen and oxygen atoms in total. The molecule has 3 aromatic rings. The highest BCUT2D eigenvalue weighted by molar-refractivity contribution is 7.99. The number of nitrogens with zero attached hydrogens (tertiary/aromatic N) is 7. The van der Waals surface area contributed by atoms with E-state index in [0.717, 1.165) is 29.8 Å². The van der Waals surface area contributed by atoms with Crippen LogP contribution in [0.4, 0.5) is 19.0 Å². The predicted molar refractivity (Wildman–Crippen MR) is 99.0 cm³/mol.